The van der Waals surface area contributed by atoms with Crippen LogP contribution < -0.4 is 0 Å². The highest BCUT2D eigenvalue weighted by molar-refractivity contribution is 6.30. The van der Waals surface area contributed by atoms with E-state index in [0.717, 1.165) is 65.6 Å². The molecule has 1 aromatic carbocycles. The topological polar surface area (TPSA) is 36.0 Å². The van der Waals surface area contributed by atoms with E-state index in [1.54, 1.807) is 12.1 Å². The molecule has 126 valence electrons. The Morgan fingerprint density at radius 2 is 1.65 bits per heavy atom. The number of piperazine rings is 1. The second-order valence-electron chi connectivity index (χ2n) is 6.10. The van der Waals surface area contributed by atoms with Gasteiger partial charge in [0.05, 0.1) is 13.2 Å². The molecule has 1 aromatic rings. The van der Waals surface area contributed by atoms with Gasteiger partial charge in [0.1, 0.15) is 0 Å². The molecule has 0 bridgehead atoms. The first-order valence-corrected chi connectivity index (χ1v) is 8.67. The van der Waals surface area contributed by atoms with Crippen LogP contribution in [0.1, 0.15) is 10.4 Å². The second kappa shape index (κ2) is 8.11. The Morgan fingerprint density at radius 1 is 1.00 bits per heavy atom. The Morgan fingerprint density at radius 3 is 2.30 bits per heavy atom. The van der Waals surface area contributed by atoms with Gasteiger partial charge in [-0.1, -0.05) is 17.7 Å². The monoisotopic (exact) mass is 337 g/mol. The number of rotatable bonds is 4. The number of morpholine rings is 1. The lowest BCUT2D eigenvalue weighted by molar-refractivity contribution is 0.0293. The molecule has 2 fully saturated rings. The van der Waals surface area contributed by atoms with Gasteiger partial charge in [-0.3, -0.25) is 14.6 Å². The van der Waals surface area contributed by atoms with Gasteiger partial charge in [0, 0.05) is 62.9 Å². The van der Waals surface area contributed by atoms with Gasteiger partial charge >= 0.3 is 0 Å². The van der Waals surface area contributed by atoms with Gasteiger partial charge in [-0.05, 0) is 18.2 Å². The first kappa shape index (κ1) is 16.7. The van der Waals surface area contributed by atoms with Crippen molar-refractivity contribution < 1.29 is 9.53 Å². The smallest absolute Gasteiger partial charge is 0.253 e. The normalized spacial score (nSPS) is 20.7. The molecule has 0 atom stereocenters. The molecule has 0 aliphatic carbocycles. The molecule has 5 nitrogen and oxygen atoms in total. The van der Waals surface area contributed by atoms with E-state index < -0.39 is 0 Å². The second-order valence-corrected chi connectivity index (χ2v) is 6.53. The summed E-state index contributed by atoms with van der Waals surface area (Å²) in [6.07, 6.45) is 0. The highest BCUT2D eigenvalue weighted by atomic mass is 35.5. The number of carbonyl (C=O) groups is 1. The lowest BCUT2D eigenvalue weighted by atomic mass is 10.2. The van der Waals surface area contributed by atoms with Gasteiger partial charge in [0.2, 0.25) is 0 Å². The quantitative estimate of drug-likeness (QED) is 0.833. The molecule has 0 saturated carbocycles. The number of carbonyl (C=O) groups excluding carboxylic acids is 1. The number of nitrogens with zero attached hydrogens (tertiary/aromatic N) is 3. The zero-order valence-corrected chi connectivity index (χ0v) is 14.2. The van der Waals surface area contributed by atoms with Crippen molar-refractivity contribution >= 4 is 17.5 Å². The van der Waals surface area contributed by atoms with E-state index in [1.165, 1.54) is 0 Å². The highest BCUT2D eigenvalue weighted by Gasteiger charge is 2.22. The van der Waals surface area contributed by atoms with Crippen LogP contribution in [-0.4, -0.2) is 86.2 Å². The van der Waals surface area contributed by atoms with Gasteiger partial charge in [0.15, 0.2) is 0 Å². The van der Waals surface area contributed by atoms with Crippen molar-refractivity contribution in [2.45, 2.75) is 0 Å². The lowest BCUT2D eigenvalue weighted by Gasteiger charge is -2.36. The Bertz CT molecular complexity index is 526. The Hall–Kier alpha value is -1.14. The number of hydrogen-bond acceptors (Lipinski definition) is 4. The first-order valence-electron chi connectivity index (χ1n) is 8.30. The number of amides is 1. The summed E-state index contributed by atoms with van der Waals surface area (Å²) in [5.41, 5.74) is 0.680. The van der Waals surface area contributed by atoms with E-state index in [4.69, 9.17) is 16.3 Å². The third-order valence-electron chi connectivity index (χ3n) is 4.57. The summed E-state index contributed by atoms with van der Waals surface area (Å²) in [6, 6.07) is 7.20. The predicted molar refractivity (Wildman–Crippen MR) is 91.1 cm³/mol. The minimum Gasteiger partial charge on any atom is -0.379 e. The van der Waals surface area contributed by atoms with E-state index >= 15 is 0 Å². The van der Waals surface area contributed by atoms with E-state index in [9.17, 15) is 4.79 Å². The van der Waals surface area contributed by atoms with Gasteiger partial charge < -0.3 is 9.64 Å². The van der Waals surface area contributed by atoms with Crippen molar-refractivity contribution in [3.63, 3.8) is 0 Å². The summed E-state index contributed by atoms with van der Waals surface area (Å²) in [4.78, 5) is 19.3. The molecule has 23 heavy (non-hydrogen) atoms. The van der Waals surface area contributed by atoms with Crippen LogP contribution in [-0.2, 0) is 4.74 Å². The fourth-order valence-corrected chi connectivity index (χ4v) is 3.28. The van der Waals surface area contributed by atoms with Crippen LogP contribution in [0.4, 0.5) is 0 Å². The molecule has 0 radical (unpaired) electrons. The molecular weight excluding hydrogens is 314 g/mol. The van der Waals surface area contributed by atoms with Crippen LogP contribution in [0.3, 0.4) is 0 Å². The van der Waals surface area contributed by atoms with Crippen LogP contribution in [0.15, 0.2) is 24.3 Å². The Labute approximate surface area is 142 Å². The van der Waals surface area contributed by atoms with Crippen LogP contribution in [0.25, 0.3) is 0 Å². The molecule has 0 spiro atoms. The summed E-state index contributed by atoms with van der Waals surface area (Å²) in [7, 11) is 0. The number of hydrogen-bond donors (Lipinski definition) is 0. The fourth-order valence-electron chi connectivity index (χ4n) is 3.09. The van der Waals surface area contributed by atoms with Gasteiger partial charge in [-0.15, -0.1) is 0 Å². The van der Waals surface area contributed by atoms with E-state index in [2.05, 4.69) is 9.80 Å². The van der Waals surface area contributed by atoms with Gasteiger partial charge in [-0.25, -0.2) is 0 Å². The van der Waals surface area contributed by atoms with Crippen LogP contribution in [0.5, 0.6) is 0 Å². The zero-order valence-electron chi connectivity index (χ0n) is 13.4. The molecule has 2 aliphatic rings. The third-order valence-corrected chi connectivity index (χ3v) is 4.80. The molecule has 2 aliphatic heterocycles. The third kappa shape index (κ3) is 4.67. The average molecular weight is 338 g/mol. The Kier molecular flexibility index (Phi) is 5.89. The Balaban J connectivity index is 1.43. The van der Waals surface area contributed by atoms with Crippen molar-refractivity contribution in [3.8, 4) is 0 Å². The summed E-state index contributed by atoms with van der Waals surface area (Å²) in [5, 5.41) is 0.611. The first-order chi connectivity index (χ1) is 11.2. The van der Waals surface area contributed by atoms with E-state index in [-0.39, 0.29) is 5.91 Å². The average Bonchev–Trinajstić information content (AvgIpc) is 2.61. The van der Waals surface area contributed by atoms with E-state index in [1.807, 2.05) is 17.0 Å². The minimum absolute atomic E-state index is 0.0836. The van der Waals surface area contributed by atoms with Crippen molar-refractivity contribution in [3.05, 3.63) is 34.9 Å². The summed E-state index contributed by atoms with van der Waals surface area (Å²) in [6.45, 7) is 9.38. The minimum atomic E-state index is 0.0836. The SMILES string of the molecule is O=C(c1cccc(Cl)c1)N1CCN(CCN2CCOCC2)CC1. The summed E-state index contributed by atoms with van der Waals surface area (Å²) >= 11 is 5.97. The molecule has 2 saturated heterocycles. The van der Waals surface area contributed by atoms with Gasteiger partial charge in [0.25, 0.3) is 5.91 Å². The zero-order chi connectivity index (χ0) is 16.1. The molecule has 0 unspecified atom stereocenters. The maximum atomic E-state index is 12.5. The van der Waals surface area contributed by atoms with E-state index in [0.29, 0.717) is 10.6 Å². The summed E-state index contributed by atoms with van der Waals surface area (Å²) < 4.78 is 5.37. The van der Waals surface area contributed by atoms with Gasteiger partial charge in [-0.2, -0.15) is 0 Å². The van der Waals surface area contributed by atoms with Crippen LogP contribution in [0.2, 0.25) is 5.02 Å². The molecule has 2 heterocycles. The molecule has 1 amide bonds. The fraction of sp³-hybridized carbons (Fsp3) is 0.588. The predicted octanol–water partition coefficient (Wildman–Crippen LogP) is 1.43. The molecule has 3 rings (SSSR count). The summed E-state index contributed by atoms with van der Waals surface area (Å²) in [5.74, 6) is 0.0836. The molecule has 0 aromatic heterocycles. The standard InChI is InChI=1S/C17H24ClN3O2/c18-16-3-1-2-15(14-16)17(22)21-8-6-19(7-9-21)4-5-20-10-12-23-13-11-20/h1-3,14H,4-13H2. The van der Waals surface area contributed by atoms with Crippen molar-refractivity contribution in [2.75, 3.05) is 65.6 Å². The maximum Gasteiger partial charge on any atom is 0.253 e. The lowest BCUT2D eigenvalue weighted by Crippen LogP contribution is -2.51. The molecule has 6 heteroatoms. The van der Waals surface area contributed by atoms with Crippen LogP contribution in [0, 0.1) is 0 Å². The maximum absolute atomic E-state index is 12.5. The van der Waals surface area contributed by atoms with Crippen molar-refractivity contribution in [1.82, 2.24) is 14.7 Å². The number of halogens is 1. The van der Waals surface area contributed by atoms with Crippen LogP contribution >= 0.6 is 11.6 Å². The molecular formula is C17H24ClN3O2. The number of ether oxygens (including phenoxy) is 1. The van der Waals surface area contributed by atoms with Crippen molar-refractivity contribution in [1.29, 1.82) is 0 Å². The largest absolute Gasteiger partial charge is 0.379 e. The highest BCUT2D eigenvalue weighted by Crippen LogP contribution is 2.14. The molecule has 0 N–H and O–H groups in total. The van der Waals surface area contributed by atoms with Crippen molar-refractivity contribution in [2.24, 2.45) is 0 Å². The number of benzene rings is 1.